The zero-order valence-electron chi connectivity index (χ0n) is 19.2. The van der Waals surface area contributed by atoms with Crippen LogP contribution in [0, 0.1) is 30.1 Å². The van der Waals surface area contributed by atoms with Crippen molar-refractivity contribution in [3.05, 3.63) is 64.9 Å². The first-order valence-electron chi connectivity index (χ1n) is 12.0. The summed E-state index contributed by atoms with van der Waals surface area (Å²) in [5.41, 5.74) is 2.28. The molecule has 2 bridgehead atoms. The number of anilines is 1. The molecule has 0 spiro atoms. The number of hydrogen-bond donors (Lipinski definition) is 2. The van der Waals surface area contributed by atoms with Crippen LogP contribution in [0.3, 0.4) is 0 Å². The van der Waals surface area contributed by atoms with Gasteiger partial charge in [-0.2, -0.15) is 5.10 Å². The lowest BCUT2D eigenvalue weighted by atomic mass is 9.62. The van der Waals surface area contributed by atoms with Crippen molar-refractivity contribution in [3.8, 4) is 22.5 Å². The number of aromatic amines is 1. The van der Waals surface area contributed by atoms with Gasteiger partial charge in [-0.15, -0.1) is 0 Å². The second-order valence-electron chi connectivity index (χ2n) is 9.65. The Balaban J connectivity index is 1.57. The molecular formula is C27H24ClFN6. The van der Waals surface area contributed by atoms with Crippen LogP contribution in [-0.4, -0.2) is 26.2 Å². The Morgan fingerprint density at radius 2 is 1.89 bits per heavy atom. The first-order valence-corrected chi connectivity index (χ1v) is 12.4. The molecule has 3 fully saturated rings. The van der Waals surface area contributed by atoms with Crippen molar-refractivity contribution >= 4 is 34.1 Å². The highest BCUT2D eigenvalue weighted by molar-refractivity contribution is 6.31. The molecule has 0 saturated heterocycles. The Hall–Kier alpha value is -3.50. The van der Waals surface area contributed by atoms with E-state index in [1.165, 1.54) is 19.0 Å². The van der Waals surface area contributed by atoms with Crippen molar-refractivity contribution in [2.75, 3.05) is 5.32 Å². The number of H-pyrrole nitrogens is 1. The van der Waals surface area contributed by atoms with Gasteiger partial charge in [0, 0.05) is 23.2 Å². The van der Waals surface area contributed by atoms with Gasteiger partial charge in [0.25, 0.3) is 0 Å². The highest BCUT2D eigenvalue weighted by atomic mass is 35.5. The van der Waals surface area contributed by atoms with Crippen molar-refractivity contribution in [1.82, 2.24) is 20.2 Å². The van der Waals surface area contributed by atoms with Crippen LogP contribution in [0.5, 0.6) is 0 Å². The summed E-state index contributed by atoms with van der Waals surface area (Å²) in [5.74, 6) is 1.26. The third-order valence-corrected chi connectivity index (χ3v) is 8.04. The molecule has 0 unspecified atom stereocenters. The van der Waals surface area contributed by atoms with Gasteiger partial charge < -0.3 is 5.32 Å². The fourth-order valence-corrected chi connectivity index (χ4v) is 6.17. The molecule has 8 heteroatoms. The van der Waals surface area contributed by atoms with Crippen LogP contribution < -0.4 is 5.32 Å². The normalized spacial score (nSPS) is 23.4. The lowest BCUT2D eigenvalue weighted by Crippen LogP contribution is -2.47. The predicted molar refractivity (Wildman–Crippen MR) is 136 cm³/mol. The van der Waals surface area contributed by atoms with Gasteiger partial charge in [-0.3, -0.25) is 5.10 Å². The Bertz CT molecular complexity index is 1450. The molecule has 0 aliphatic heterocycles. The minimum Gasteiger partial charge on any atom is -0.364 e. The first kappa shape index (κ1) is 22.0. The summed E-state index contributed by atoms with van der Waals surface area (Å²) in [4.78, 5) is 12.7. The van der Waals surface area contributed by atoms with Crippen molar-refractivity contribution in [2.24, 2.45) is 17.8 Å². The average Bonchev–Trinajstić information content (AvgIpc) is 3.30. The summed E-state index contributed by atoms with van der Waals surface area (Å²) >= 11 is 6.22. The van der Waals surface area contributed by atoms with Crippen molar-refractivity contribution in [2.45, 2.75) is 38.6 Å². The number of nitrogens with one attached hydrogen (secondary N) is 2. The number of aromatic nitrogens is 4. The molecule has 6 nitrogen and oxygen atoms in total. The molecule has 2 N–H and O–H groups in total. The molecule has 3 saturated carbocycles. The summed E-state index contributed by atoms with van der Waals surface area (Å²) in [5, 5.41) is 11.8. The standard InChI is InChI=1S/C27H24ClFN6/c1-14-15-8-10-17(11-9-15)22(14)32-27-21(29)20(16-6-4-3-5-7-16)24(30-2)25(33-27)23-19-12-18(28)13-31-26(19)35-34-23/h3-7,12-15,17,22H,8-11H2,1H3,(H,32,33)(H,31,34,35)/t14-,15?,17?,22+/m0/s1. The number of pyridine rings is 2. The number of benzene rings is 1. The molecule has 7 rings (SSSR count). The van der Waals surface area contributed by atoms with Gasteiger partial charge in [0.2, 0.25) is 5.69 Å². The molecule has 2 atom stereocenters. The summed E-state index contributed by atoms with van der Waals surface area (Å²) in [7, 11) is 0. The number of nitrogens with zero attached hydrogens (tertiary/aromatic N) is 4. The van der Waals surface area contributed by atoms with Gasteiger partial charge in [-0.25, -0.2) is 19.2 Å². The molecule has 4 aromatic rings. The fraction of sp³-hybridized carbons (Fsp3) is 0.333. The number of rotatable bonds is 4. The smallest absolute Gasteiger partial charge is 0.225 e. The van der Waals surface area contributed by atoms with Crippen LogP contribution in [0.2, 0.25) is 5.02 Å². The number of fused-ring (bicyclic) bond motifs is 4. The molecule has 3 heterocycles. The highest BCUT2D eigenvalue weighted by Gasteiger charge is 2.42. The van der Waals surface area contributed by atoms with E-state index in [1.54, 1.807) is 6.07 Å². The van der Waals surface area contributed by atoms with Gasteiger partial charge in [-0.1, -0.05) is 48.9 Å². The van der Waals surface area contributed by atoms with E-state index in [0.717, 1.165) is 12.8 Å². The largest absolute Gasteiger partial charge is 0.364 e. The van der Waals surface area contributed by atoms with Crippen LogP contribution in [0.15, 0.2) is 42.6 Å². The molecule has 0 amide bonds. The average molecular weight is 487 g/mol. The summed E-state index contributed by atoms with van der Waals surface area (Å²) < 4.78 is 16.2. The fourth-order valence-electron chi connectivity index (χ4n) is 6.02. The minimum absolute atomic E-state index is 0.128. The Labute approximate surface area is 207 Å². The van der Waals surface area contributed by atoms with Crippen molar-refractivity contribution in [1.29, 1.82) is 0 Å². The Morgan fingerprint density at radius 1 is 1.14 bits per heavy atom. The van der Waals surface area contributed by atoms with Crippen LogP contribution in [0.1, 0.15) is 32.6 Å². The van der Waals surface area contributed by atoms with Crippen LogP contribution >= 0.6 is 11.6 Å². The van der Waals surface area contributed by atoms with Crippen LogP contribution in [0.25, 0.3) is 38.4 Å². The zero-order chi connectivity index (χ0) is 24.1. The van der Waals surface area contributed by atoms with Gasteiger partial charge in [0.1, 0.15) is 0 Å². The number of hydrogen-bond acceptors (Lipinski definition) is 4. The maximum Gasteiger partial charge on any atom is 0.225 e. The van der Waals surface area contributed by atoms with Crippen LogP contribution in [0.4, 0.5) is 15.9 Å². The SMILES string of the molecule is [C-]#[N+]c1c(-c2[nH]nc3ncc(Cl)cc23)nc(N[C@H]2C3CCC(CC3)[C@@H]2C)c(F)c1-c1ccccc1. The highest BCUT2D eigenvalue weighted by Crippen LogP contribution is 2.48. The summed E-state index contributed by atoms with van der Waals surface area (Å²) in [6.45, 7) is 10.2. The van der Waals surface area contributed by atoms with E-state index in [2.05, 4.69) is 32.3 Å². The molecule has 3 aliphatic rings. The van der Waals surface area contributed by atoms with E-state index in [4.69, 9.17) is 23.2 Å². The van der Waals surface area contributed by atoms with E-state index in [-0.39, 0.29) is 23.1 Å². The molecule has 0 radical (unpaired) electrons. The van der Waals surface area contributed by atoms with E-state index < -0.39 is 5.82 Å². The molecule has 3 aliphatic carbocycles. The minimum atomic E-state index is -0.500. The summed E-state index contributed by atoms with van der Waals surface area (Å²) in [6.07, 6.45) is 6.31. The first-order chi connectivity index (χ1) is 17.0. The second kappa shape index (κ2) is 8.62. The van der Waals surface area contributed by atoms with Crippen molar-refractivity contribution in [3.63, 3.8) is 0 Å². The van der Waals surface area contributed by atoms with E-state index >= 15 is 4.39 Å². The molecule has 3 aromatic heterocycles. The van der Waals surface area contributed by atoms with E-state index in [1.807, 2.05) is 30.3 Å². The quantitative estimate of drug-likeness (QED) is 0.297. The summed E-state index contributed by atoms with van der Waals surface area (Å²) in [6, 6.07) is 11.1. The lowest BCUT2D eigenvalue weighted by molar-refractivity contribution is 0.0926. The second-order valence-corrected chi connectivity index (χ2v) is 10.1. The predicted octanol–water partition coefficient (Wildman–Crippen LogP) is 7.27. The van der Waals surface area contributed by atoms with Gasteiger partial charge in [0.05, 0.1) is 23.0 Å². The molecule has 1 aromatic carbocycles. The zero-order valence-corrected chi connectivity index (χ0v) is 20.0. The monoisotopic (exact) mass is 486 g/mol. The van der Waals surface area contributed by atoms with Gasteiger partial charge >= 0.3 is 0 Å². The van der Waals surface area contributed by atoms with Crippen LogP contribution in [-0.2, 0) is 0 Å². The third-order valence-electron chi connectivity index (χ3n) is 7.84. The third kappa shape index (κ3) is 3.64. The molecular weight excluding hydrogens is 463 g/mol. The Morgan fingerprint density at radius 3 is 2.60 bits per heavy atom. The van der Waals surface area contributed by atoms with Gasteiger partial charge in [-0.05, 0) is 55.1 Å². The van der Waals surface area contributed by atoms with Gasteiger partial charge in [0.15, 0.2) is 17.3 Å². The maximum absolute atomic E-state index is 16.2. The maximum atomic E-state index is 16.2. The van der Waals surface area contributed by atoms with E-state index in [0.29, 0.717) is 50.8 Å². The number of halogens is 2. The Kier molecular flexibility index (Phi) is 5.42. The molecule has 35 heavy (non-hydrogen) atoms. The topological polar surface area (TPSA) is 70.8 Å². The lowest BCUT2D eigenvalue weighted by Gasteiger charge is -2.47. The van der Waals surface area contributed by atoms with Crippen molar-refractivity contribution < 1.29 is 4.39 Å². The molecule has 176 valence electrons. The van der Waals surface area contributed by atoms with E-state index in [9.17, 15) is 0 Å².